The van der Waals surface area contributed by atoms with Crippen LogP contribution in [0, 0.1) is 5.41 Å². The van der Waals surface area contributed by atoms with E-state index >= 15 is 0 Å². The molecule has 1 aliphatic carbocycles. The molecule has 2 atom stereocenters. The van der Waals surface area contributed by atoms with E-state index in [1.807, 2.05) is 57.2 Å². The largest absolute Gasteiger partial charge is 0.481 e. The highest BCUT2D eigenvalue weighted by Crippen LogP contribution is 2.44. The first-order chi connectivity index (χ1) is 16.6. The molecule has 1 aliphatic rings. The molecule has 1 unspecified atom stereocenters. The normalized spacial score (nSPS) is 14.4. The molecule has 3 N–H and O–H groups in total. The minimum Gasteiger partial charge on any atom is -0.481 e. The maximum absolute atomic E-state index is 12.9. The van der Waals surface area contributed by atoms with Crippen LogP contribution in [0.2, 0.25) is 0 Å². The maximum Gasteiger partial charge on any atom is 0.407 e. The SMILES string of the molecule is CCOC(CNC(=O)[C@@H](NC(=O)OCC1c2ccccc2-c2ccccc21)C(C)(C)C)CC(=O)O. The van der Waals surface area contributed by atoms with Gasteiger partial charge in [0.15, 0.2) is 0 Å². The van der Waals surface area contributed by atoms with Crippen LogP contribution in [-0.4, -0.2) is 55.0 Å². The molecule has 0 aliphatic heterocycles. The Morgan fingerprint density at radius 3 is 2.09 bits per heavy atom. The Bertz CT molecular complexity index is 1020. The molecule has 0 saturated heterocycles. The molecule has 8 heteroatoms. The maximum atomic E-state index is 12.9. The fourth-order valence-electron chi connectivity index (χ4n) is 4.37. The number of amides is 2. The average molecular weight is 483 g/mol. The standard InChI is InChI=1S/C27H34N2O6/c1-5-34-17(14-23(30)31)15-28-25(32)24(27(2,3)4)29-26(33)35-16-22-20-12-8-6-10-18(20)19-11-7-9-13-21(19)22/h6-13,17,22,24H,5,14-16H2,1-4H3,(H,28,32)(H,29,33)(H,30,31)/t17?,24-/m1/s1. The Labute approximate surface area is 206 Å². The molecule has 0 aromatic heterocycles. The Kier molecular flexibility index (Phi) is 8.51. The Hall–Kier alpha value is -3.39. The summed E-state index contributed by atoms with van der Waals surface area (Å²) in [6.07, 6.45) is -1.57. The molecule has 188 valence electrons. The minimum atomic E-state index is -1.01. The van der Waals surface area contributed by atoms with Crippen molar-refractivity contribution >= 4 is 18.0 Å². The number of carboxylic acids is 1. The van der Waals surface area contributed by atoms with Gasteiger partial charge in [-0.2, -0.15) is 0 Å². The van der Waals surface area contributed by atoms with Crippen LogP contribution in [0.4, 0.5) is 4.79 Å². The molecular formula is C27H34N2O6. The smallest absolute Gasteiger partial charge is 0.407 e. The van der Waals surface area contributed by atoms with Gasteiger partial charge in [-0.3, -0.25) is 9.59 Å². The molecule has 3 rings (SSSR count). The summed E-state index contributed by atoms with van der Waals surface area (Å²) < 4.78 is 11.0. The predicted octanol–water partition coefficient (Wildman–Crippen LogP) is 3.94. The fraction of sp³-hybridized carbons (Fsp3) is 0.444. The van der Waals surface area contributed by atoms with Gasteiger partial charge in [0.1, 0.15) is 12.6 Å². The van der Waals surface area contributed by atoms with Crippen LogP contribution in [0.3, 0.4) is 0 Å². The van der Waals surface area contributed by atoms with E-state index in [4.69, 9.17) is 14.6 Å². The van der Waals surface area contributed by atoms with Gasteiger partial charge in [-0.05, 0) is 34.6 Å². The van der Waals surface area contributed by atoms with Crippen molar-refractivity contribution in [2.45, 2.75) is 52.2 Å². The third-order valence-corrected chi connectivity index (χ3v) is 6.04. The van der Waals surface area contributed by atoms with E-state index in [1.54, 1.807) is 6.92 Å². The number of alkyl carbamates (subject to hydrolysis) is 1. The molecule has 8 nitrogen and oxygen atoms in total. The van der Waals surface area contributed by atoms with Crippen LogP contribution in [0.5, 0.6) is 0 Å². The van der Waals surface area contributed by atoms with Crippen molar-refractivity contribution in [3.8, 4) is 11.1 Å². The molecule has 2 aromatic rings. The van der Waals surface area contributed by atoms with Crippen LogP contribution in [0.15, 0.2) is 48.5 Å². The zero-order chi connectivity index (χ0) is 25.6. The molecule has 35 heavy (non-hydrogen) atoms. The second-order valence-electron chi connectivity index (χ2n) is 9.69. The molecule has 0 heterocycles. The van der Waals surface area contributed by atoms with Gasteiger partial charge in [0.05, 0.1) is 12.5 Å². The van der Waals surface area contributed by atoms with Crippen molar-refractivity contribution in [1.82, 2.24) is 10.6 Å². The van der Waals surface area contributed by atoms with Gasteiger partial charge in [-0.1, -0.05) is 69.3 Å². The van der Waals surface area contributed by atoms with Gasteiger partial charge >= 0.3 is 12.1 Å². The Morgan fingerprint density at radius 1 is 1.00 bits per heavy atom. The molecule has 2 amide bonds. The number of rotatable bonds is 10. The summed E-state index contributed by atoms with van der Waals surface area (Å²) in [4.78, 5) is 36.7. The van der Waals surface area contributed by atoms with Crippen molar-refractivity contribution in [1.29, 1.82) is 0 Å². The highest BCUT2D eigenvalue weighted by Gasteiger charge is 2.34. The fourth-order valence-corrected chi connectivity index (χ4v) is 4.37. The first-order valence-corrected chi connectivity index (χ1v) is 11.8. The number of carbonyl (C=O) groups is 3. The monoisotopic (exact) mass is 482 g/mol. The van der Waals surface area contributed by atoms with Crippen molar-refractivity contribution in [2.75, 3.05) is 19.8 Å². The summed E-state index contributed by atoms with van der Waals surface area (Å²) in [6, 6.07) is 15.2. The number of benzene rings is 2. The lowest BCUT2D eigenvalue weighted by Crippen LogP contribution is -2.54. The Morgan fingerprint density at radius 2 is 1.57 bits per heavy atom. The summed E-state index contributed by atoms with van der Waals surface area (Å²) in [5.74, 6) is -1.53. The Balaban J connectivity index is 1.63. The van der Waals surface area contributed by atoms with E-state index < -0.39 is 35.5 Å². The number of carboxylic acid groups (broad SMARTS) is 1. The molecule has 2 aromatic carbocycles. The van der Waals surface area contributed by atoms with Crippen LogP contribution in [0.1, 0.15) is 51.2 Å². The summed E-state index contributed by atoms with van der Waals surface area (Å²) in [6.45, 7) is 7.75. The number of hydrogen-bond donors (Lipinski definition) is 3. The summed E-state index contributed by atoms with van der Waals surface area (Å²) in [7, 11) is 0. The van der Waals surface area contributed by atoms with Gasteiger partial charge < -0.3 is 25.2 Å². The first-order valence-electron chi connectivity index (χ1n) is 11.8. The summed E-state index contributed by atoms with van der Waals surface area (Å²) >= 11 is 0. The minimum absolute atomic E-state index is 0.0257. The van der Waals surface area contributed by atoms with Crippen molar-refractivity contribution in [3.05, 3.63) is 59.7 Å². The zero-order valence-electron chi connectivity index (χ0n) is 20.7. The topological polar surface area (TPSA) is 114 Å². The summed E-state index contributed by atoms with van der Waals surface area (Å²) in [5, 5.41) is 14.4. The third kappa shape index (κ3) is 6.60. The molecule has 0 bridgehead atoms. The lowest BCUT2D eigenvalue weighted by atomic mass is 9.86. The number of hydrogen-bond acceptors (Lipinski definition) is 5. The van der Waals surface area contributed by atoms with Gasteiger partial charge in [-0.25, -0.2) is 4.79 Å². The van der Waals surface area contributed by atoms with E-state index in [0.717, 1.165) is 22.3 Å². The van der Waals surface area contributed by atoms with Crippen LogP contribution < -0.4 is 10.6 Å². The van der Waals surface area contributed by atoms with Crippen molar-refractivity contribution in [2.24, 2.45) is 5.41 Å². The van der Waals surface area contributed by atoms with E-state index in [-0.39, 0.29) is 25.5 Å². The van der Waals surface area contributed by atoms with E-state index in [0.29, 0.717) is 6.61 Å². The van der Waals surface area contributed by atoms with Crippen LogP contribution in [-0.2, 0) is 19.1 Å². The quantitative estimate of drug-likeness (QED) is 0.473. The first kappa shape index (κ1) is 26.2. The van der Waals surface area contributed by atoms with Gasteiger partial charge in [0.2, 0.25) is 5.91 Å². The lowest BCUT2D eigenvalue weighted by molar-refractivity contribution is -0.140. The average Bonchev–Trinajstić information content (AvgIpc) is 3.12. The highest BCUT2D eigenvalue weighted by atomic mass is 16.5. The van der Waals surface area contributed by atoms with Crippen LogP contribution >= 0.6 is 0 Å². The van der Waals surface area contributed by atoms with Crippen molar-refractivity contribution in [3.63, 3.8) is 0 Å². The number of fused-ring (bicyclic) bond motifs is 3. The molecular weight excluding hydrogens is 448 g/mol. The van der Waals surface area contributed by atoms with E-state index in [9.17, 15) is 14.4 Å². The van der Waals surface area contributed by atoms with Gasteiger partial charge in [0.25, 0.3) is 0 Å². The molecule has 0 saturated carbocycles. The zero-order valence-corrected chi connectivity index (χ0v) is 20.7. The van der Waals surface area contributed by atoms with Gasteiger partial charge in [0, 0.05) is 19.1 Å². The number of aliphatic carboxylic acids is 1. The number of carbonyl (C=O) groups excluding carboxylic acids is 2. The van der Waals surface area contributed by atoms with Crippen LogP contribution in [0.25, 0.3) is 11.1 Å². The predicted molar refractivity (Wildman–Crippen MR) is 132 cm³/mol. The third-order valence-electron chi connectivity index (χ3n) is 6.04. The molecule has 0 fully saturated rings. The highest BCUT2D eigenvalue weighted by molar-refractivity contribution is 5.86. The summed E-state index contributed by atoms with van der Waals surface area (Å²) in [5.41, 5.74) is 3.87. The van der Waals surface area contributed by atoms with Gasteiger partial charge in [-0.15, -0.1) is 0 Å². The van der Waals surface area contributed by atoms with E-state index in [1.165, 1.54) is 0 Å². The molecule has 0 radical (unpaired) electrons. The van der Waals surface area contributed by atoms with E-state index in [2.05, 4.69) is 22.8 Å². The number of nitrogens with one attached hydrogen (secondary N) is 2. The second kappa shape index (κ2) is 11.4. The second-order valence-corrected chi connectivity index (χ2v) is 9.69. The lowest BCUT2D eigenvalue weighted by Gasteiger charge is -2.30. The van der Waals surface area contributed by atoms with Crippen molar-refractivity contribution < 1.29 is 29.0 Å². The molecule has 0 spiro atoms. The number of ether oxygens (including phenoxy) is 2.